The van der Waals surface area contributed by atoms with Gasteiger partial charge in [0.05, 0.1) is 28.8 Å². The maximum absolute atomic E-state index is 9.38. The highest BCUT2D eigenvalue weighted by molar-refractivity contribution is 9.10. The van der Waals surface area contributed by atoms with Crippen molar-refractivity contribution >= 4 is 31.9 Å². The Balaban J connectivity index is 1.84. The second kappa shape index (κ2) is 8.45. The fourth-order valence-electron chi connectivity index (χ4n) is 1.92. The number of ether oxygens (including phenoxy) is 3. The summed E-state index contributed by atoms with van der Waals surface area (Å²) >= 11 is 6.83. The van der Waals surface area contributed by atoms with Gasteiger partial charge in [-0.05, 0) is 75.2 Å². The minimum atomic E-state index is -0.0205. The molecule has 6 heteroatoms. The molecule has 4 nitrogen and oxygen atoms in total. The largest absolute Gasteiger partial charge is 0.508 e. The molecule has 0 saturated heterocycles. The van der Waals surface area contributed by atoms with Crippen molar-refractivity contribution in [2.75, 3.05) is 13.7 Å². The zero-order chi connectivity index (χ0) is 16.8. The number of benzene rings is 2. The number of hydrogen-bond acceptors (Lipinski definition) is 4. The van der Waals surface area contributed by atoms with Crippen LogP contribution in [0.25, 0.3) is 0 Å². The lowest BCUT2D eigenvalue weighted by atomic mass is 10.2. The van der Waals surface area contributed by atoms with Crippen molar-refractivity contribution < 1.29 is 19.3 Å². The fraction of sp³-hybridized carbons (Fsp3) is 0.294. The van der Waals surface area contributed by atoms with E-state index in [4.69, 9.17) is 14.2 Å². The molecule has 0 amide bonds. The van der Waals surface area contributed by atoms with E-state index in [0.717, 1.165) is 26.9 Å². The molecule has 0 spiro atoms. The Morgan fingerprint density at radius 1 is 1.04 bits per heavy atom. The third-order valence-electron chi connectivity index (χ3n) is 3.16. The zero-order valence-electron chi connectivity index (χ0n) is 12.9. The number of halogens is 2. The van der Waals surface area contributed by atoms with Crippen LogP contribution in [-0.4, -0.2) is 24.9 Å². The summed E-state index contributed by atoms with van der Waals surface area (Å²) in [5, 5.41) is 9.38. The van der Waals surface area contributed by atoms with Crippen LogP contribution in [0, 0.1) is 0 Å². The number of aromatic hydroxyl groups is 1. The van der Waals surface area contributed by atoms with Crippen LogP contribution < -0.4 is 14.2 Å². The summed E-state index contributed by atoms with van der Waals surface area (Å²) in [4.78, 5) is 0. The van der Waals surface area contributed by atoms with Crippen LogP contribution in [0.2, 0.25) is 0 Å². The zero-order valence-corrected chi connectivity index (χ0v) is 16.1. The van der Waals surface area contributed by atoms with Gasteiger partial charge in [0.25, 0.3) is 0 Å². The highest BCUT2D eigenvalue weighted by atomic mass is 79.9. The quantitative estimate of drug-likeness (QED) is 0.639. The molecule has 0 radical (unpaired) electrons. The molecule has 0 saturated carbocycles. The molecule has 0 heterocycles. The Bertz CT molecular complexity index is 661. The first-order valence-corrected chi connectivity index (χ1v) is 8.69. The molecule has 0 fully saturated rings. The van der Waals surface area contributed by atoms with E-state index in [0.29, 0.717) is 12.4 Å². The Kier molecular flexibility index (Phi) is 6.59. The van der Waals surface area contributed by atoms with Crippen molar-refractivity contribution in [3.05, 3.63) is 45.3 Å². The Labute approximate surface area is 152 Å². The Morgan fingerprint density at radius 3 is 2.39 bits per heavy atom. The summed E-state index contributed by atoms with van der Waals surface area (Å²) in [5.41, 5.74) is 0. The molecule has 1 unspecified atom stereocenters. The summed E-state index contributed by atoms with van der Waals surface area (Å²) in [5.74, 6) is 2.44. The minimum Gasteiger partial charge on any atom is -0.508 e. The van der Waals surface area contributed by atoms with Gasteiger partial charge in [-0.15, -0.1) is 0 Å². The summed E-state index contributed by atoms with van der Waals surface area (Å²) in [6.07, 6.45) is 0.707. The van der Waals surface area contributed by atoms with Gasteiger partial charge in [-0.1, -0.05) is 0 Å². The molecule has 2 aromatic rings. The third-order valence-corrected chi connectivity index (χ3v) is 4.40. The lowest BCUT2D eigenvalue weighted by Gasteiger charge is -2.17. The number of hydrogen-bond donors (Lipinski definition) is 1. The summed E-state index contributed by atoms with van der Waals surface area (Å²) in [6.45, 7) is 2.51. The second-order valence-corrected chi connectivity index (χ2v) is 6.69. The van der Waals surface area contributed by atoms with Gasteiger partial charge in [-0.2, -0.15) is 0 Å². The van der Waals surface area contributed by atoms with Crippen molar-refractivity contribution in [3.63, 3.8) is 0 Å². The van der Waals surface area contributed by atoms with Gasteiger partial charge in [-0.25, -0.2) is 0 Å². The molecular weight excluding hydrogens is 428 g/mol. The van der Waals surface area contributed by atoms with Gasteiger partial charge < -0.3 is 19.3 Å². The van der Waals surface area contributed by atoms with Crippen LogP contribution in [0.15, 0.2) is 45.3 Å². The van der Waals surface area contributed by atoms with E-state index >= 15 is 0 Å². The van der Waals surface area contributed by atoms with Gasteiger partial charge in [-0.3, -0.25) is 0 Å². The molecule has 0 aliphatic heterocycles. The number of rotatable bonds is 7. The van der Waals surface area contributed by atoms with E-state index in [1.54, 1.807) is 25.3 Å². The average molecular weight is 446 g/mol. The van der Waals surface area contributed by atoms with Gasteiger partial charge in [0.1, 0.15) is 23.0 Å². The van der Waals surface area contributed by atoms with E-state index in [1.807, 2.05) is 25.1 Å². The van der Waals surface area contributed by atoms with E-state index < -0.39 is 0 Å². The van der Waals surface area contributed by atoms with E-state index in [1.165, 1.54) is 0 Å². The van der Waals surface area contributed by atoms with Crippen LogP contribution in [0.5, 0.6) is 23.0 Å². The predicted molar refractivity (Wildman–Crippen MR) is 96.7 cm³/mol. The fourth-order valence-corrected chi connectivity index (χ4v) is 2.85. The van der Waals surface area contributed by atoms with Gasteiger partial charge in [0.15, 0.2) is 0 Å². The molecule has 1 atom stereocenters. The summed E-state index contributed by atoms with van der Waals surface area (Å²) in [7, 11) is 1.63. The maximum Gasteiger partial charge on any atom is 0.134 e. The molecule has 124 valence electrons. The van der Waals surface area contributed by atoms with Crippen molar-refractivity contribution in [1.82, 2.24) is 0 Å². The molecule has 1 N–H and O–H groups in total. The van der Waals surface area contributed by atoms with Gasteiger partial charge in [0, 0.05) is 6.42 Å². The SMILES string of the molecule is COc1ccc(OCCC(C)Oc2ccc(O)cc2Br)c(Br)c1. The summed E-state index contributed by atoms with van der Waals surface area (Å²) < 4.78 is 18.3. The van der Waals surface area contributed by atoms with E-state index in [2.05, 4.69) is 31.9 Å². The van der Waals surface area contributed by atoms with Crippen LogP contribution in [0.1, 0.15) is 13.3 Å². The smallest absolute Gasteiger partial charge is 0.134 e. The first-order valence-electron chi connectivity index (χ1n) is 7.11. The van der Waals surface area contributed by atoms with Gasteiger partial charge in [0.2, 0.25) is 0 Å². The van der Waals surface area contributed by atoms with Crippen molar-refractivity contribution in [2.45, 2.75) is 19.4 Å². The van der Waals surface area contributed by atoms with Crippen LogP contribution in [0.4, 0.5) is 0 Å². The first kappa shape index (κ1) is 17.9. The Hall–Kier alpha value is -1.40. The van der Waals surface area contributed by atoms with E-state index in [-0.39, 0.29) is 11.9 Å². The van der Waals surface area contributed by atoms with Crippen molar-refractivity contribution in [2.24, 2.45) is 0 Å². The monoisotopic (exact) mass is 444 g/mol. The second-order valence-electron chi connectivity index (χ2n) is 4.98. The lowest BCUT2D eigenvalue weighted by molar-refractivity contribution is 0.175. The maximum atomic E-state index is 9.38. The average Bonchev–Trinajstić information content (AvgIpc) is 2.51. The van der Waals surface area contributed by atoms with Crippen molar-refractivity contribution in [1.29, 1.82) is 0 Å². The molecule has 0 bridgehead atoms. The molecule has 2 aromatic carbocycles. The standard InChI is InChI=1S/C17H18Br2O4/c1-11(23-17-5-3-12(20)9-14(17)18)7-8-22-16-6-4-13(21-2)10-15(16)19/h3-6,9-11,20H,7-8H2,1-2H3. The van der Waals surface area contributed by atoms with Crippen LogP contribution in [-0.2, 0) is 0 Å². The van der Waals surface area contributed by atoms with Crippen molar-refractivity contribution in [3.8, 4) is 23.0 Å². The predicted octanol–water partition coefficient (Wildman–Crippen LogP) is 5.16. The highest BCUT2D eigenvalue weighted by Crippen LogP contribution is 2.31. The molecular formula is C17H18Br2O4. The first-order chi connectivity index (χ1) is 11.0. The number of methoxy groups -OCH3 is 1. The molecule has 2 rings (SSSR count). The normalized spacial score (nSPS) is 11.8. The minimum absolute atomic E-state index is 0.0205. The molecule has 0 aliphatic carbocycles. The van der Waals surface area contributed by atoms with E-state index in [9.17, 15) is 5.11 Å². The molecule has 0 aromatic heterocycles. The Morgan fingerprint density at radius 2 is 1.74 bits per heavy atom. The molecule has 23 heavy (non-hydrogen) atoms. The number of phenols is 1. The third kappa shape index (κ3) is 5.32. The summed E-state index contributed by atoms with van der Waals surface area (Å²) in [6, 6.07) is 10.5. The van der Waals surface area contributed by atoms with Crippen LogP contribution in [0.3, 0.4) is 0 Å². The molecule has 0 aliphatic rings. The van der Waals surface area contributed by atoms with Gasteiger partial charge >= 0.3 is 0 Å². The lowest BCUT2D eigenvalue weighted by Crippen LogP contribution is -2.16. The highest BCUT2D eigenvalue weighted by Gasteiger charge is 2.09. The van der Waals surface area contributed by atoms with Crippen LogP contribution >= 0.6 is 31.9 Å². The topological polar surface area (TPSA) is 47.9 Å². The number of phenolic OH excluding ortho intramolecular Hbond substituents is 1.